The Balaban J connectivity index is 1.82. The highest BCUT2D eigenvalue weighted by molar-refractivity contribution is 6.22. The molecule has 1 aliphatic rings. The predicted molar refractivity (Wildman–Crippen MR) is 94.2 cm³/mol. The highest BCUT2D eigenvalue weighted by Gasteiger charge is 2.35. The summed E-state index contributed by atoms with van der Waals surface area (Å²) in [7, 11) is 0. The van der Waals surface area contributed by atoms with Crippen LogP contribution in [0, 0.1) is 11.6 Å². The molecule has 2 aromatic rings. The second-order valence-electron chi connectivity index (χ2n) is 6.13. The average molecular weight is 370 g/mol. The van der Waals surface area contributed by atoms with E-state index in [2.05, 4.69) is 11.9 Å². The molecule has 0 saturated carbocycles. The molecule has 3 amide bonds. The number of carbonyl (C=O) groups is 3. The highest BCUT2D eigenvalue weighted by atomic mass is 19.1. The first-order valence-electron chi connectivity index (χ1n) is 8.20. The van der Waals surface area contributed by atoms with Crippen molar-refractivity contribution in [3.05, 3.63) is 82.9 Å². The number of nitrogens with one attached hydrogen (secondary N) is 1. The lowest BCUT2D eigenvalue weighted by molar-refractivity contribution is 0.0672. The third-order valence-electron chi connectivity index (χ3n) is 4.32. The van der Waals surface area contributed by atoms with Crippen LogP contribution in [0.1, 0.15) is 49.6 Å². The molecule has 1 heterocycles. The first-order chi connectivity index (χ1) is 12.8. The minimum absolute atomic E-state index is 0.0781. The van der Waals surface area contributed by atoms with Gasteiger partial charge in [-0.15, -0.1) is 6.58 Å². The van der Waals surface area contributed by atoms with Gasteiger partial charge in [0.05, 0.1) is 17.2 Å². The fourth-order valence-electron chi connectivity index (χ4n) is 2.94. The van der Waals surface area contributed by atoms with Crippen molar-refractivity contribution >= 4 is 17.7 Å². The Kier molecular flexibility index (Phi) is 4.85. The van der Waals surface area contributed by atoms with Crippen molar-refractivity contribution in [1.82, 2.24) is 10.2 Å². The van der Waals surface area contributed by atoms with Crippen molar-refractivity contribution in [2.45, 2.75) is 13.0 Å². The molecule has 7 heteroatoms. The number of benzene rings is 2. The van der Waals surface area contributed by atoms with E-state index in [0.29, 0.717) is 0 Å². The third kappa shape index (κ3) is 3.36. The molecular formula is C20H16F2N2O3. The SMILES string of the molecule is C=CCN1C(=O)c2ccc(C(=O)N[C@@H](C)c3ccc(F)cc3F)cc2C1=O. The first kappa shape index (κ1) is 18.4. The standard InChI is InChI=1S/C20H16F2N2O3/c1-3-8-24-19(26)15-6-4-12(9-16(15)20(24)27)18(25)23-11(2)14-7-5-13(21)10-17(14)22/h3-7,9-11H,1,8H2,2H3,(H,23,25)/t11-/m0/s1. The normalized spacial score (nSPS) is 14.1. The molecule has 0 radical (unpaired) electrons. The Morgan fingerprint density at radius 2 is 1.85 bits per heavy atom. The molecule has 27 heavy (non-hydrogen) atoms. The summed E-state index contributed by atoms with van der Waals surface area (Å²) in [6, 6.07) is 6.55. The van der Waals surface area contributed by atoms with E-state index in [-0.39, 0.29) is 28.8 Å². The monoisotopic (exact) mass is 370 g/mol. The molecule has 0 saturated heterocycles. The number of nitrogens with zero attached hydrogens (tertiary/aromatic N) is 1. The van der Waals surface area contributed by atoms with Crippen molar-refractivity contribution in [3.63, 3.8) is 0 Å². The maximum atomic E-state index is 13.9. The molecular weight excluding hydrogens is 354 g/mol. The van der Waals surface area contributed by atoms with Crippen LogP contribution in [0.3, 0.4) is 0 Å². The number of fused-ring (bicyclic) bond motifs is 1. The zero-order valence-electron chi connectivity index (χ0n) is 14.5. The minimum Gasteiger partial charge on any atom is -0.345 e. The molecule has 1 atom stereocenters. The van der Waals surface area contributed by atoms with Crippen LogP contribution in [0.25, 0.3) is 0 Å². The Hall–Kier alpha value is -3.35. The van der Waals surface area contributed by atoms with Crippen molar-refractivity contribution in [3.8, 4) is 0 Å². The van der Waals surface area contributed by atoms with Gasteiger partial charge in [-0.1, -0.05) is 12.1 Å². The molecule has 0 bridgehead atoms. The van der Waals surface area contributed by atoms with Crippen molar-refractivity contribution < 1.29 is 23.2 Å². The van der Waals surface area contributed by atoms with Crippen LogP contribution in [0.4, 0.5) is 8.78 Å². The number of imide groups is 1. The lowest BCUT2D eigenvalue weighted by Crippen LogP contribution is -2.29. The van der Waals surface area contributed by atoms with Crippen LogP contribution >= 0.6 is 0 Å². The lowest BCUT2D eigenvalue weighted by Gasteiger charge is -2.15. The zero-order valence-corrected chi connectivity index (χ0v) is 14.5. The van der Waals surface area contributed by atoms with E-state index in [0.717, 1.165) is 17.0 Å². The Bertz CT molecular complexity index is 972. The topological polar surface area (TPSA) is 66.5 Å². The maximum Gasteiger partial charge on any atom is 0.261 e. The van der Waals surface area contributed by atoms with E-state index in [1.807, 2.05) is 0 Å². The van der Waals surface area contributed by atoms with Crippen molar-refractivity contribution in [2.24, 2.45) is 0 Å². The Labute approximate surface area is 154 Å². The molecule has 1 N–H and O–H groups in total. The molecule has 1 aliphatic heterocycles. The fourth-order valence-corrected chi connectivity index (χ4v) is 2.94. The van der Waals surface area contributed by atoms with Gasteiger partial charge in [0.1, 0.15) is 11.6 Å². The maximum absolute atomic E-state index is 13.9. The summed E-state index contributed by atoms with van der Waals surface area (Å²) >= 11 is 0. The van der Waals surface area contributed by atoms with E-state index in [1.165, 1.54) is 30.3 Å². The second-order valence-corrected chi connectivity index (χ2v) is 6.13. The minimum atomic E-state index is -0.766. The van der Waals surface area contributed by atoms with Gasteiger partial charge in [0.2, 0.25) is 0 Å². The molecule has 0 aromatic heterocycles. The summed E-state index contributed by atoms with van der Waals surface area (Å²) in [4.78, 5) is 38.0. The molecule has 3 rings (SSSR count). The summed E-state index contributed by atoms with van der Waals surface area (Å²) in [5.41, 5.74) is 0.644. The molecule has 138 valence electrons. The van der Waals surface area contributed by atoms with Gasteiger partial charge >= 0.3 is 0 Å². The van der Waals surface area contributed by atoms with Gasteiger partial charge in [0.15, 0.2) is 0 Å². The number of rotatable bonds is 5. The summed E-state index contributed by atoms with van der Waals surface area (Å²) in [5.74, 6) is -2.96. The van der Waals surface area contributed by atoms with Crippen LogP contribution < -0.4 is 5.32 Å². The largest absolute Gasteiger partial charge is 0.345 e. The summed E-state index contributed by atoms with van der Waals surface area (Å²) in [6.07, 6.45) is 1.44. The molecule has 5 nitrogen and oxygen atoms in total. The van der Waals surface area contributed by atoms with Gasteiger partial charge in [-0.25, -0.2) is 8.78 Å². The summed E-state index contributed by atoms with van der Waals surface area (Å²) in [6.45, 7) is 5.15. The van der Waals surface area contributed by atoms with Gasteiger partial charge in [-0.05, 0) is 31.2 Å². The second kappa shape index (κ2) is 7.11. The summed E-state index contributed by atoms with van der Waals surface area (Å²) < 4.78 is 26.9. The Morgan fingerprint density at radius 3 is 2.52 bits per heavy atom. The van der Waals surface area contributed by atoms with Crippen LogP contribution in [-0.2, 0) is 0 Å². The van der Waals surface area contributed by atoms with Crippen LogP contribution in [0.15, 0.2) is 49.1 Å². The van der Waals surface area contributed by atoms with E-state index in [4.69, 9.17) is 0 Å². The van der Waals surface area contributed by atoms with Gasteiger partial charge in [-0.3, -0.25) is 19.3 Å². The van der Waals surface area contributed by atoms with Crippen molar-refractivity contribution in [1.29, 1.82) is 0 Å². The smallest absolute Gasteiger partial charge is 0.261 e. The Morgan fingerprint density at radius 1 is 1.15 bits per heavy atom. The fraction of sp³-hybridized carbons (Fsp3) is 0.150. The number of carbonyl (C=O) groups excluding carboxylic acids is 3. The first-order valence-corrected chi connectivity index (χ1v) is 8.20. The number of hydrogen-bond acceptors (Lipinski definition) is 3. The molecule has 2 aromatic carbocycles. The molecule has 0 unspecified atom stereocenters. The predicted octanol–water partition coefficient (Wildman–Crippen LogP) is 3.24. The molecule has 0 fully saturated rings. The molecule has 0 spiro atoms. The van der Waals surface area contributed by atoms with E-state index in [9.17, 15) is 23.2 Å². The number of hydrogen-bond donors (Lipinski definition) is 1. The number of amides is 3. The van der Waals surface area contributed by atoms with Crippen LogP contribution in [0.2, 0.25) is 0 Å². The third-order valence-corrected chi connectivity index (χ3v) is 4.32. The van der Waals surface area contributed by atoms with E-state index >= 15 is 0 Å². The highest BCUT2D eigenvalue weighted by Crippen LogP contribution is 2.24. The van der Waals surface area contributed by atoms with E-state index in [1.54, 1.807) is 6.92 Å². The van der Waals surface area contributed by atoms with Crippen LogP contribution in [-0.4, -0.2) is 29.2 Å². The zero-order chi connectivity index (χ0) is 19.7. The van der Waals surface area contributed by atoms with Gasteiger partial charge in [-0.2, -0.15) is 0 Å². The van der Waals surface area contributed by atoms with E-state index < -0.39 is 35.4 Å². The lowest BCUT2D eigenvalue weighted by atomic mass is 10.0. The quantitative estimate of drug-likeness (QED) is 0.649. The van der Waals surface area contributed by atoms with Crippen molar-refractivity contribution in [2.75, 3.05) is 6.54 Å². The van der Waals surface area contributed by atoms with Gasteiger partial charge in [0.25, 0.3) is 17.7 Å². The van der Waals surface area contributed by atoms with Gasteiger partial charge < -0.3 is 5.32 Å². The van der Waals surface area contributed by atoms with Crippen LogP contribution in [0.5, 0.6) is 0 Å². The summed E-state index contributed by atoms with van der Waals surface area (Å²) in [5, 5.41) is 2.60. The number of halogens is 2. The molecule has 0 aliphatic carbocycles. The van der Waals surface area contributed by atoms with Gasteiger partial charge in [0, 0.05) is 23.7 Å². The average Bonchev–Trinajstić information content (AvgIpc) is 2.86.